The van der Waals surface area contributed by atoms with Crippen LogP contribution in [-0.4, -0.2) is 39.5 Å². The number of hydrogen-bond donors (Lipinski definition) is 6. The van der Waals surface area contributed by atoms with E-state index in [-0.39, 0.29) is 33.0 Å². The maximum absolute atomic E-state index is 13.3. The SMILES string of the molecule is Cc1cc(C)c(-c2c3nc(c(P(=O)(O)O)c4ccc([nH]4)c(-c4c(C)cc(C)cc4C)c4ccc([nH]4)c(P(=O)(O)O)c4nc2C=C4)C=C3)c(C)c1. The monoisotopic (exact) mass is 706 g/mol. The molecule has 0 atom stereocenters. The molecule has 0 saturated heterocycles. The van der Waals surface area contributed by atoms with Gasteiger partial charge in [0.05, 0.1) is 33.8 Å². The predicted octanol–water partition coefficient (Wildman–Crippen LogP) is 7.45. The maximum Gasteiger partial charge on any atom is 0.360 e. The fourth-order valence-electron chi connectivity index (χ4n) is 7.46. The molecule has 8 bridgehead atoms. The van der Waals surface area contributed by atoms with Crippen molar-refractivity contribution in [3.63, 3.8) is 0 Å². The van der Waals surface area contributed by atoms with Crippen LogP contribution >= 0.6 is 15.2 Å². The highest BCUT2D eigenvalue weighted by Crippen LogP contribution is 2.42. The summed E-state index contributed by atoms with van der Waals surface area (Å²) in [5.41, 5.74) is 11.2. The third-order valence-electron chi connectivity index (χ3n) is 9.14. The average molecular weight is 707 g/mol. The molecule has 254 valence electrons. The minimum atomic E-state index is -4.90. The van der Waals surface area contributed by atoms with E-state index in [0.717, 1.165) is 44.5 Å². The molecular weight excluding hydrogens is 670 g/mol. The van der Waals surface area contributed by atoms with E-state index >= 15 is 0 Å². The van der Waals surface area contributed by atoms with E-state index in [9.17, 15) is 28.7 Å². The number of aryl methyl sites for hydroxylation is 6. The quantitative estimate of drug-likeness (QED) is 0.102. The average Bonchev–Trinajstić information content (AvgIpc) is 3.80. The fraction of sp³-hybridized carbons (Fsp3) is 0.158. The number of rotatable bonds is 4. The normalized spacial score (nSPS) is 13.0. The van der Waals surface area contributed by atoms with Gasteiger partial charge in [-0.05, 0) is 123 Å². The second-order valence-electron chi connectivity index (χ2n) is 13.1. The van der Waals surface area contributed by atoms with E-state index in [4.69, 9.17) is 9.97 Å². The minimum absolute atomic E-state index is 0.0920. The number of benzene rings is 2. The standard InChI is InChI=1S/C38H36N4O6P2/c1-19-15-21(3)33(22(4)16-19)35-25-7-11-29(39-25)37(49(43,44)45)31-13-9-27(41-31)36(34-23(5)17-20(2)18-24(34)6)28-10-14-32(42-28)38(50(46,47)48)30-12-8-26(35)40-30/h7-18,39-40H,1-6H3,(H2,43,44,45)(H2,46,47,48). The Balaban J connectivity index is 1.75. The maximum atomic E-state index is 13.3. The Morgan fingerprint density at radius 1 is 0.460 bits per heavy atom. The summed E-state index contributed by atoms with van der Waals surface area (Å²) in [7, 11) is -9.81. The van der Waals surface area contributed by atoms with E-state index in [1.54, 1.807) is 48.6 Å². The van der Waals surface area contributed by atoms with Crippen LogP contribution in [0.25, 0.3) is 68.6 Å². The second-order valence-corrected chi connectivity index (χ2v) is 16.2. The highest BCUT2D eigenvalue weighted by molar-refractivity contribution is 7.61. The number of fused-ring (bicyclic) bond motifs is 8. The number of nitrogens with one attached hydrogen (secondary N) is 2. The molecular formula is C38H36N4O6P2. The number of H-pyrrole nitrogens is 2. The molecule has 2 aliphatic rings. The summed E-state index contributed by atoms with van der Waals surface area (Å²) in [4.78, 5) is 59.3. The second kappa shape index (κ2) is 12.0. The molecule has 6 N–H and O–H groups in total. The highest BCUT2D eigenvalue weighted by Gasteiger charge is 2.29. The van der Waals surface area contributed by atoms with Gasteiger partial charge in [-0.15, -0.1) is 0 Å². The number of hydrogen-bond acceptors (Lipinski definition) is 4. The van der Waals surface area contributed by atoms with Gasteiger partial charge in [-0.3, -0.25) is 9.13 Å². The first-order chi connectivity index (χ1) is 23.5. The fourth-order valence-corrected chi connectivity index (χ4v) is 9.20. The van der Waals surface area contributed by atoms with Crippen molar-refractivity contribution in [2.75, 3.05) is 0 Å². The van der Waals surface area contributed by atoms with Crippen LogP contribution in [0.2, 0.25) is 0 Å². The Morgan fingerprint density at radius 2 is 0.780 bits per heavy atom. The van der Waals surface area contributed by atoms with Crippen LogP contribution in [0, 0.1) is 41.5 Å². The van der Waals surface area contributed by atoms with Crippen molar-refractivity contribution >= 4 is 72.2 Å². The summed E-state index contributed by atoms with van der Waals surface area (Å²) in [5, 5.41) is -0.508. The lowest BCUT2D eigenvalue weighted by molar-refractivity contribution is 0.385. The van der Waals surface area contributed by atoms with Crippen LogP contribution in [0.5, 0.6) is 0 Å². The van der Waals surface area contributed by atoms with Gasteiger partial charge in [0.15, 0.2) is 0 Å². The molecule has 50 heavy (non-hydrogen) atoms. The van der Waals surface area contributed by atoms with Crippen LogP contribution in [-0.2, 0) is 9.13 Å². The molecule has 10 nitrogen and oxygen atoms in total. The van der Waals surface area contributed by atoms with Crippen molar-refractivity contribution in [1.82, 2.24) is 19.9 Å². The van der Waals surface area contributed by atoms with Gasteiger partial charge in [-0.25, -0.2) is 9.97 Å². The zero-order chi connectivity index (χ0) is 35.9. The molecule has 12 heteroatoms. The van der Waals surface area contributed by atoms with Crippen molar-refractivity contribution in [3.05, 3.63) is 105 Å². The number of aromatic amines is 2. The van der Waals surface area contributed by atoms with Gasteiger partial charge in [0.2, 0.25) is 0 Å². The number of aromatic nitrogens is 4. The van der Waals surface area contributed by atoms with Gasteiger partial charge in [-0.1, -0.05) is 35.4 Å². The molecule has 0 aliphatic carbocycles. The molecule has 0 amide bonds. The Kier molecular flexibility index (Phi) is 8.11. The van der Waals surface area contributed by atoms with Crippen molar-refractivity contribution in [2.24, 2.45) is 0 Å². The Morgan fingerprint density at radius 3 is 1.14 bits per heavy atom. The van der Waals surface area contributed by atoms with Crippen molar-refractivity contribution in [2.45, 2.75) is 41.5 Å². The molecule has 0 radical (unpaired) electrons. The van der Waals surface area contributed by atoms with E-state index in [2.05, 4.69) is 9.97 Å². The molecule has 3 aromatic heterocycles. The Bertz CT molecular complexity index is 2450. The lowest BCUT2D eigenvalue weighted by atomic mass is 9.92. The van der Waals surface area contributed by atoms with E-state index < -0.39 is 15.2 Å². The largest absolute Gasteiger partial charge is 0.360 e. The summed E-state index contributed by atoms with van der Waals surface area (Å²) < 4.78 is 26.5. The molecule has 7 rings (SSSR count). The first-order valence-electron chi connectivity index (χ1n) is 16.0. The van der Waals surface area contributed by atoms with Crippen LogP contribution in [0.1, 0.15) is 56.2 Å². The van der Waals surface area contributed by atoms with Gasteiger partial charge in [0, 0.05) is 22.2 Å². The van der Waals surface area contributed by atoms with Crippen LogP contribution in [0.4, 0.5) is 0 Å². The van der Waals surface area contributed by atoms with Gasteiger partial charge < -0.3 is 29.5 Å². The lowest BCUT2D eigenvalue weighted by Crippen LogP contribution is -2.10. The molecule has 2 aliphatic heterocycles. The molecule has 0 fully saturated rings. The summed E-state index contributed by atoms with van der Waals surface area (Å²) in [6.45, 7) is 11.9. The van der Waals surface area contributed by atoms with Gasteiger partial charge >= 0.3 is 15.2 Å². The van der Waals surface area contributed by atoms with Crippen molar-refractivity contribution in [1.29, 1.82) is 0 Å². The third-order valence-corrected chi connectivity index (χ3v) is 11.2. The molecule has 0 saturated carbocycles. The molecule has 2 aromatic carbocycles. The van der Waals surface area contributed by atoms with Crippen LogP contribution in [0.3, 0.4) is 0 Å². The van der Waals surface area contributed by atoms with Crippen molar-refractivity contribution < 1.29 is 28.7 Å². The summed E-state index contributed by atoms with van der Waals surface area (Å²) >= 11 is 0. The highest BCUT2D eigenvalue weighted by atomic mass is 31.2. The van der Waals surface area contributed by atoms with E-state index in [0.29, 0.717) is 33.5 Å². The van der Waals surface area contributed by atoms with Gasteiger partial charge in [0.1, 0.15) is 10.6 Å². The molecule has 0 spiro atoms. The summed E-state index contributed by atoms with van der Waals surface area (Å²) in [5.74, 6) is 0. The topological polar surface area (TPSA) is 172 Å². The summed E-state index contributed by atoms with van der Waals surface area (Å²) in [6, 6.07) is 14.9. The minimum Gasteiger partial charge on any atom is -0.354 e. The molecule has 0 unspecified atom stereocenters. The summed E-state index contributed by atoms with van der Waals surface area (Å²) in [6.07, 6.45) is 6.54. The molecule has 5 heterocycles. The Labute approximate surface area is 288 Å². The van der Waals surface area contributed by atoms with E-state index in [1.807, 2.05) is 65.8 Å². The Hall–Kier alpha value is -4.66. The van der Waals surface area contributed by atoms with Gasteiger partial charge in [0.25, 0.3) is 0 Å². The van der Waals surface area contributed by atoms with Crippen LogP contribution in [0.15, 0.2) is 48.5 Å². The zero-order valence-corrected chi connectivity index (χ0v) is 30.1. The number of nitrogens with zero attached hydrogens (tertiary/aromatic N) is 2. The van der Waals surface area contributed by atoms with E-state index in [1.165, 1.54) is 0 Å². The zero-order valence-electron chi connectivity index (χ0n) is 28.3. The smallest absolute Gasteiger partial charge is 0.354 e. The molecule has 5 aromatic rings. The first kappa shape index (κ1) is 33.8. The first-order valence-corrected chi connectivity index (χ1v) is 19.2. The lowest BCUT2D eigenvalue weighted by Gasteiger charge is -2.14. The third kappa shape index (κ3) is 5.84. The van der Waals surface area contributed by atoms with Gasteiger partial charge in [-0.2, -0.15) is 0 Å². The van der Waals surface area contributed by atoms with Crippen LogP contribution < -0.4 is 10.6 Å². The van der Waals surface area contributed by atoms with Crippen molar-refractivity contribution in [3.8, 4) is 22.3 Å². The predicted molar refractivity (Wildman–Crippen MR) is 202 cm³/mol.